The van der Waals surface area contributed by atoms with Crippen LogP contribution < -0.4 is 10.1 Å². The van der Waals surface area contributed by atoms with Crippen molar-refractivity contribution in [3.05, 3.63) is 59.8 Å². The third-order valence-electron chi connectivity index (χ3n) is 3.15. The van der Waals surface area contributed by atoms with Crippen LogP contribution in [0.3, 0.4) is 0 Å². The number of amides is 1. The van der Waals surface area contributed by atoms with Gasteiger partial charge in [0.25, 0.3) is 0 Å². The van der Waals surface area contributed by atoms with Gasteiger partial charge in [-0.1, -0.05) is 29.8 Å². The van der Waals surface area contributed by atoms with E-state index in [1.165, 1.54) is 0 Å². The van der Waals surface area contributed by atoms with Crippen LogP contribution in [0.2, 0.25) is 5.02 Å². The van der Waals surface area contributed by atoms with E-state index in [1.54, 1.807) is 24.4 Å². The molecule has 1 aromatic heterocycles. The zero-order valence-corrected chi connectivity index (χ0v) is 13.4. The summed E-state index contributed by atoms with van der Waals surface area (Å²) in [6.45, 7) is 0. The van der Waals surface area contributed by atoms with E-state index in [9.17, 15) is 4.79 Å². The molecule has 0 aliphatic carbocycles. The summed E-state index contributed by atoms with van der Waals surface area (Å²) < 4.78 is 5.88. The van der Waals surface area contributed by atoms with Crippen molar-refractivity contribution in [2.24, 2.45) is 0 Å². The average Bonchev–Trinajstić information content (AvgIpc) is 2.57. The van der Waals surface area contributed by atoms with E-state index >= 15 is 0 Å². The molecule has 1 heterocycles. The van der Waals surface area contributed by atoms with Gasteiger partial charge in [-0.3, -0.25) is 9.78 Å². The maximum atomic E-state index is 11.3. The number of para-hydroxylation sites is 1. The lowest BCUT2D eigenvalue weighted by molar-refractivity contribution is -0.113. The van der Waals surface area contributed by atoms with Gasteiger partial charge < -0.3 is 10.1 Å². The van der Waals surface area contributed by atoms with Crippen molar-refractivity contribution in [1.29, 1.82) is 0 Å². The Bertz CT molecular complexity index is 863. The number of ether oxygens (including phenoxy) is 1. The summed E-state index contributed by atoms with van der Waals surface area (Å²) in [4.78, 5) is 15.6. The van der Waals surface area contributed by atoms with Gasteiger partial charge in [0.15, 0.2) is 5.75 Å². The molecule has 1 amide bonds. The number of aromatic nitrogens is 1. The maximum Gasteiger partial charge on any atom is 0.239 e. The molecule has 4 nitrogen and oxygen atoms in total. The molecule has 0 saturated heterocycles. The van der Waals surface area contributed by atoms with Crippen molar-refractivity contribution in [3.8, 4) is 11.5 Å². The molecule has 6 heteroatoms. The van der Waals surface area contributed by atoms with E-state index < -0.39 is 0 Å². The SMILES string of the molecule is O=C(CCl)Nc1ccc(Oc2cccc3cccnc23)c(Cl)c1. The highest BCUT2D eigenvalue weighted by atomic mass is 35.5. The van der Waals surface area contributed by atoms with Crippen LogP contribution in [0.4, 0.5) is 5.69 Å². The smallest absolute Gasteiger partial charge is 0.239 e. The van der Waals surface area contributed by atoms with Gasteiger partial charge >= 0.3 is 0 Å². The number of carbonyl (C=O) groups excluding carboxylic acids is 1. The second-order valence-electron chi connectivity index (χ2n) is 4.76. The van der Waals surface area contributed by atoms with Gasteiger partial charge in [-0.25, -0.2) is 0 Å². The Kier molecular flexibility index (Phi) is 4.65. The highest BCUT2D eigenvalue weighted by Gasteiger charge is 2.09. The van der Waals surface area contributed by atoms with Crippen LogP contribution in [-0.2, 0) is 4.79 Å². The van der Waals surface area contributed by atoms with E-state index in [4.69, 9.17) is 27.9 Å². The molecule has 23 heavy (non-hydrogen) atoms. The van der Waals surface area contributed by atoms with Crippen LogP contribution in [0.25, 0.3) is 10.9 Å². The van der Waals surface area contributed by atoms with Crippen molar-refractivity contribution in [3.63, 3.8) is 0 Å². The Morgan fingerprint density at radius 2 is 1.96 bits per heavy atom. The van der Waals surface area contributed by atoms with Gasteiger partial charge in [-0.05, 0) is 30.3 Å². The molecule has 0 aliphatic rings. The van der Waals surface area contributed by atoms with Crippen LogP contribution in [0.1, 0.15) is 0 Å². The first-order valence-electron chi connectivity index (χ1n) is 6.84. The second-order valence-corrected chi connectivity index (χ2v) is 5.43. The van der Waals surface area contributed by atoms with Crippen molar-refractivity contribution in [2.45, 2.75) is 0 Å². The zero-order chi connectivity index (χ0) is 16.2. The largest absolute Gasteiger partial charge is 0.454 e. The molecule has 3 aromatic rings. The summed E-state index contributed by atoms with van der Waals surface area (Å²) in [5, 5.41) is 3.99. The minimum absolute atomic E-state index is 0.114. The fourth-order valence-electron chi connectivity index (χ4n) is 2.13. The van der Waals surface area contributed by atoms with Gasteiger partial charge in [-0.2, -0.15) is 0 Å². The number of pyridine rings is 1. The number of hydrogen-bond donors (Lipinski definition) is 1. The highest BCUT2D eigenvalue weighted by molar-refractivity contribution is 6.32. The molecule has 0 unspecified atom stereocenters. The number of anilines is 1. The topological polar surface area (TPSA) is 51.2 Å². The normalized spacial score (nSPS) is 10.5. The van der Waals surface area contributed by atoms with E-state index in [1.807, 2.05) is 30.3 Å². The van der Waals surface area contributed by atoms with Crippen LogP contribution >= 0.6 is 23.2 Å². The summed E-state index contributed by atoms with van der Waals surface area (Å²) in [5.74, 6) is 0.684. The summed E-state index contributed by atoms with van der Waals surface area (Å²) in [6, 6.07) is 14.5. The van der Waals surface area contributed by atoms with E-state index in [0.29, 0.717) is 22.2 Å². The van der Waals surface area contributed by atoms with Crippen molar-refractivity contribution in [1.82, 2.24) is 4.98 Å². The number of hydrogen-bond acceptors (Lipinski definition) is 3. The minimum Gasteiger partial charge on any atom is -0.454 e. The van der Waals surface area contributed by atoms with Crippen LogP contribution in [0, 0.1) is 0 Å². The van der Waals surface area contributed by atoms with Gasteiger partial charge in [0.05, 0.1) is 5.02 Å². The predicted molar refractivity (Wildman–Crippen MR) is 92.6 cm³/mol. The standard InChI is InChI=1S/C17H12Cl2N2O2/c18-10-16(22)21-12-6-7-14(13(19)9-12)23-15-5-1-3-11-4-2-8-20-17(11)15/h1-9H,10H2,(H,21,22). The van der Waals surface area contributed by atoms with Gasteiger partial charge in [0, 0.05) is 17.3 Å². The van der Waals surface area contributed by atoms with Crippen LogP contribution in [0.15, 0.2) is 54.7 Å². The molecule has 0 atom stereocenters. The van der Waals surface area contributed by atoms with Crippen molar-refractivity contribution >= 4 is 45.7 Å². The number of rotatable bonds is 4. The Morgan fingerprint density at radius 1 is 1.13 bits per heavy atom. The van der Waals surface area contributed by atoms with E-state index in [0.717, 1.165) is 10.9 Å². The fraction of sp³-hybridized carbons (Fsp3) is 0.0588. The van der Waals surface area contributed by atoms with E-state index in [-0.39, 0.29) is 11.8 Å². The number of benzene rings is 2. The average molecular weight is 347 g/mol. The second kappa shape index (κ2) is 6.86. The van der Waals surface area contributed by atoms with Gasteiger partial charge in [0.1, 0.15) is 17.1 Å². The monoisotopic (exact) mass is 346 g/mol. The minimum atomic E-state index is -0.297. The molecule has 116 valence electrons. The molecule has 3 rings (SSSR count). The molecule has 2 aromatic carbocycles. The Labute approximate surface area is 143 Å². The number of nitrogens with zero attached hydrogens (tertiary/aromatic N) is 1. The number of alkyl halides is 1. The first kappa shape index (κ1) is 15.6. The first-order chi connectivity index (χ1) is 11.2. The lowest BCUT2D eigenvalue weighted by atomic mass is 10.2. The Balaban J connectivity index is 1.89. The Hall–Kier alpha value is -2.30. The van der Waals surface area contributed by atoms with Crippen LogP contribution in [0.5, 0.6) is 11.5 Å². The summed E-state index contributed by atoms with van der Waals surface area (Å²) >= 11 is 11.7. The summed E-state index contributed by atoms with van der Waals surface area (Å²) in [7, 11) is 0. The molecule has 0 saturated carbocycles. The lowest BCUT2D eigenvalue weighted by Gasteiger charge is -2.11. The molecule has 0 aliphatic heterocycles. The molecule has 0 fully saturated rings. The third-order valence-corrected chi connectivity index (χ3v) is 3.69. The van der Waals surface area contributed by atoms with Gasteiger partial charge in [-0.15, -0.1) is 11.6 Å². The molecule has 0 radical (unpaired) electrons. The number of nitrogens with one attached hydrogen (secondary N) is 1. The molecule has 0 spiro atoms. The summed E-state index contributed by atoms with van der Waals surface area (Å²) in [5.41, 5.74) is 1.31. The molecule has 0 bridgehead atoms. The van der Waals surface area contributed by atoms with E-state index in [2.05, 4.69) is 10.3 Å². The quantitative estimate of drug-likeness (QED) is 0.686. The first-order valence-corrected chi connectivity index (χ1v) is 7.75. The molecular formula is C17H12Cl2N2O2. The number of carbonyl (C=O) groups is 1. The third kappa shape index (κ3) is 3.55. The lowest BCUT2D eigenvalue weighted by Crippen LogP contribution is -2.12. The fourth-order valence-corrected chi connectivity index (χ4v) is 2.42. The summed E-state index contributed by atoms with van der Waals surface area (Å²) in [6.07, 6.45) is 1.71. The van der Waals surface area contributed by atoms with Crippen LogP contribution in [-0.4, -0.2) is 16.8 Å². The predicted octanol–water partition coefficient (Wildman–Crippen LogP) is 4.86. The Morgan fingerprint density at radius 3 is 2.74 bits per heavy atom. The number of halogens is 2. The van der Waals surface area contributed by atoms with Crippen molar-refractivity contribution < 1.29 is 9.53 Å². The maximum absolute atomic E-state index is 11.3. The molecule has 1 N–H and O–H groups in total. The van der Waals surface area contributed by atoms with Crippen molar-refractivity contribution in [2.75, 3.05) is 11.2 Å². The van der Waals surface area contributed by atoms with Gasteiger partial charge in [0.2, 0.25) is 5.91 Å². The zero-order valence-electron chi connectivity index (χ0n) is 11.9. The number of fused-ring (bicyclic) bond motifs is 1. The highest BCUT2D eigenvalue weighted by Crippen LogP contribution is 2.34. The molecular weight excluding hydrogens is 335 g/mol.